The molecule has 3 heteroatoms. The van der Waals surface area contributed by atoms with Crippen molar-refractivity contribution in [2.45, 2.75) is 46.6 Å². The first-order chi connectivity index (χ1) is 7.13. The van der Waals surface area contributed by atoms with Gasteiger partial charge in [0.05, 0.1) is 6.20 Å². The molecule has 0 saturated carbocycles. The minimum Gasteiger partial charge on any atom is -0.273 e. The van der Waals surface area contributed by atoms with Gasteiger partial charge in [-0.3, -0.25) is 4.68 Å². The van der Waals surface area contributed by atoms with E-state index in [4.69, 9.17) is 0 Å². The van der Waals surface area contributed by atoms with Crippen molar-refractivity contribution >= 4 is 15.9 Å². The first kappa shape index (κ1) is 12.8. The van der Waals surface area contributed by atoms with Crippen LogP contribution in [0.3, 0.4) is 0 Å². The van der Waals surface area contributed by atoms with Crippen LogP contribution in [0.2, 0.25) is 0 Å². The molecule has 0 aliphatic rings. The van der Waals surface area contributed by atoms with Crippen LogP contribution in [0.1, 0.15) is 39.2 Å². The predicted molar refractivity (Wildman–Crippen MR) is 68.4 cm³/mol. The second-order valence-corrected chi connectivity index (χ2v) is 5.14. The quantitative estimate of drug-likeness (QED) is 0.723. The van der Waals surface area contributed by atoms with E-state index in [0.29, 0.717) is 5.41 Å². The molecule has 0 radical (unpaired) electrons. The third-order valence-electron chi connectivity index (χ3n) is 2.82. The molecule has 1 unspecified atom stereocenters. The van der Waals surface area contributed by atoms with Crippen LogP contribution in [0, 0.1) is 5.41 Å². The maximum Gasteiger partial charge on any atom is 0.0521 e. The standard InChI is InChI=1S/C12H21BrN2/c1-4-6-12(3,10-13)7-11-8-14-15(5-2)9-11/h8-9H,4-7,10H2,1-3H3. The Labute approximate surface area is 101 Å². The maximum atomic E-state index is 4.31. The average Bonchev–Trinajstić information content (AvgIpc) is 2.66. The van der Waals surface area contributed by atoms with Gasteiger partial charge in [0.25, 0.3) is 0 Å². The van der Waals surface area contributed by atoms with E-state index >= 15 is 0 Å². The Morgan fingerprint density at radius 1 is 1.47 bits per heavy atom. The Morgan fingerprint density at radius 2 is 2.20 bits per heavy atom. The molecule has 1 atom stereocenters. The Kier molecular flexibility index (Phi) is 4.84. The van der Waals surface area contributed by atoms with Crippen LogP contribution in [0.4, 0.5) is 0 Å². The number of nitrogens with zero attached hydrogens (tertiary/aromatic N) is 2. The summed E-state index contributed by atoms with van der Waals surface area (Å²) in [5, 5.41) is 5.38. The number of aryl methyl sites for hydroxylation is 1. The van der Waals surface area contributed by atoms with Gasteiger partial charge in [-0.1, -0.05) is 36.2 Å². The van der Waals surface area contributed by atoms with Crippen molar-refractivity contribution in [1.29, 1.82) is 0 Å². The molecule has 1 aromatic heterocycles. The average molecular weight is 273 g/mol. The zero-order chi connectivity index (χ0) is 11.3. The van der Waals surface area contributed by atoms with Crippen molar-refractivity contribution in [1.82, 2.24) is 9.78 Å². The molecule has 15 heavy (non-hydrogen) atoms. The number of hydrogen-bond donors (Lipinski definition) is 0. The molecule has 1 rings (SSSR count). The molecule has 2 nitrogen and oxygen atoms in total. The van der Waals surface area contributed by atoms with Crippen molar-refractivity contribution in [3.8, 4) is 0 Å². The van der Waals surface area contributed by atoms with Crippen molar-refractivity contribution in [3.05, 3.63) is 18.0 Å². The molecule has 0 aromatic carbocycles. The van der Waals surface area contributed by atoms with E-state index < -0.39 is 0 Å². The second-order valence-electron chi connectivity index (χ2n) is 4.58. The monoisotopic (exact) mass is 272 g/mol. The van der Waals surface area contributed by atoms with Crippen LogP contribution in [0.25, 0.3) is 0 Å². The van der Waals surface area contributed by atoms with Crippen LogP contribution < -0.4 is 0 Å². The van der Waals surface area contributed by atoms with Crippen molar-refractivity contribution in [2.75, 3.05) is 5.33 Å². The van der Waals surface area contributed by atoms with Gasteiger partial charge in [-0.2, -0.15) is 5.10 Å². The fraction of sp³-hybridized carbons (Fsp3) is 0.750. The first-order valence-electron chi connectivity index (χ1n) is 5.71. The summed E-state index contributed by atoms with van der Waals surface area (Å²) in [5.74, 6) is 0. The molecular formula is C12H21BrN2. The number of rotatable bonds is 6. The van der Waals surface area contributed by atoms with Gasteiger partial charge in [0, 0.05) is 18.1 Å². The number of alkyl halides is 1. The summed E-state index contributed by atoms with van der Waals surface area (Å²) in [4.78, 5) is 0. The lowest BCUT2D eigenvalue weighted by Gasteiger charge is -2.26. The molecule has 86 valence electrons. The topological polar surface area (TPSA) is 17.8 Å². The molecule has 0 amide bonds. The molecule has 0 saturated heterocycles. The van der Waals surface area contributed by atoms with Gasteiger partial charge in [-0.25, -0.2) is 0 Å². The third kappa shape index (κ3) is 3.63. The van der Waals surface area contributed by atoms with Crippen molar-refractivity contribution in [3.63, 3.8) is 0 Å². The zero-order valence-electron chi connectivity index (χ0n) is 9.96. The van der Waals surface area contributed by atoms with Crippen LogP contribution in [-0.2, 0) is 13.0 Å². The summed E-state index contributed by atoms with van der Waals surface area (Å²) in [5.41, 5.74) is 1.73. The minimum atomic E-state index is 0.371. The minimum absolute atomic E-state index is 0.371. The molecule has 0 spiro atoms. The van der Waals surface area contributed by atoms with E-state index in [9.17, 15) is 0 Å². The van der Waals surface area contributed by atoms with E-state index in [1.165, 1.54) is 18.4 Å². The van der Waals surface area contributed by atoms with E-state index in [1.54, 1.807) is 0 Å². The highest BCUT2D eigenvalue weighted by atomic mass is 79.9. The summed E-state index contributed by atoms with van der Waals surface area (Å²) in [7, 11) is 0. The highest BCUT2D eigenvalue weighted by Gasteiger charge is 2.22. The lowest BCUT2D eigenvalue weighted by atomic mass is 9.82. The van der Waals surface area contributed by atoms with E-state index in [-0.39, 0.29) is 0 Å². The largest absolute Gasteiger partial charge is 0.273 e. The Morgan fingerprint density at radius 3 is 2.67 bits per heavy atom. The van der Waals surface area contributed by atoms with E-state index in [1.807, 2.05) is 10.9 Å². The summed E-state index contributed by atoms with van der Waals surface area (Å²) in [6.45, 7) is 7.66. The molecule has 1 heterocycles. The van der Waals surface area contributed by atoms with Gasteiger partial charge in [0.2, 0.25) is 0 Å². The lowest BCUT2D eigenvalue weighted by molar-refractivity contribution is 0.340. The lowest BCUT2D eigenvalue weighted by Crippen LogP contribution is -2.21. The van der Waals surface area contributed by atoms with Crippen LogP contribution in [0.15, 0.2) is 12.4 Å². The summed E-state index contributed by atoms with van der Waals surface area (Å²) >= 11 is 3.63. The summed E-state index contributed by atoms with van der Waals surface area (Å²) in [6.07, 6.45) is 7.78. The SMILES string of the molecule is CCCC(C)(CBr)Cc1cnn(CC)c1. The number of halogens is 1. The van der Waals surface area contributed by atoms with E-state index in [2.05, 4.69) is 48.0 Å². The molecular weight excluding hydrogens is 252 g/mol. The number of hydrogen-bond acceptors (Lipinski definition) is 1. The van der Waals surface area contributed by atoms with Crippen LogP contribution in [0.5, 0.6) is 0 Å². The van der Waals surface area contributed by atoms with Crippen LogP contribution >= 0.6 is 15.9 Å². The summed E-state index contributed by atoms with van der Waals surface area (Å²) < 4.78 is 2.00. The fourth-order valence-corrected chi connectivity index (χ4v) is 2.45. The number of aromatic nitrogens is 2. The second kappa shape index (κ2) is 5.69. The van der Waals surface area contributed by atoms with Crippen molar-refractivity contribution < 1.29 is 0 Å². The van der Waals surface area contributed by atoms with Gasteiger partial charge >= 0.3 is 0 Å². The van der Waals surface area contributed by atoms with E-state index in [0.717, 1.165) is 18.3 Å². The Balaban J connectivity index is 2.65. The zero-order valence-corrected chi connectivity index (χ0v) is 11.5. The van der Waals surface area contributed by atoms with Crippen molar-refractivity contribution in [2.24, 2.45) is 5.41 Å². The van der Waals surface area contributed by atoms with Crippen LogP contribution in [-0.4, -0.2) is 15.1 Å². The molecule has 0 aliphatic carbocycles. The molecule has 0 aliphatic heterocycles. The first-order valence-corrected chi connectivity index (χ1v) is 6.83. The van der Waals surface area contributed by atoms with Gasteiger partial charge in [0.15, 0.2) is 0 Å². The highest BCUT2D eigenvalue weighted by Crippen LogP contribution is 2.30. The normalized spacial score (nSPS) is 15.2. The van der Waals surface area contributed by atoms with Gasteiger partial charge in [-0.05, 0) is 30.7 Å². The van der Waals surface area contributed by atoms with Gasteiger partial charge in [-0.15, -0.1) is 0 Å². The molecule has 0 fully saturated rings. The summed E-state index contributed by atoms with van der Waals surface area (Å²) in [6, 6.07) is 0. The Hall–Kier alpha value is -0.310. The van der Waals surface area contributed by atoms with Gasteiger partial charge < -0.3 is 0 Å². The highest BCUT2D eigenvalue weighted by molar-refractivity contribution is 9.09. The fourth-order valence-electron chi connectivity index (χ4n) is 1.97. The molecule has 0 bridgehead atoms. The van der Waals surface area contributed by atoms with Gasteiger partial charge in [0.1, 0.15) is 0 Å². The predicted octanol–water partition coefficient (Wildman–Crippen LogP) is 3.65. The third-order valence-corrected chi connectivity index (χ3v) is 4.17. The maximum absolute atomic E-state index is 4.31. The molecule has 0 N–H and O–H groups in total. The smallest absolute Gasteiger partial charge is 0.0521 e. The molecule has 1 aromatic rings. The Bertz CT molecular complexity index is 296.